The largest absolute Gasteiger partial charge is 0.192 e. The Morgan fingerprint density at radius 1 is 0.600 bits per heavy atom. The highest BCUT2D eigenvalue weighted by Gasteiger charge is 2.08. The summed E-state index contributed by atoms with van der Waals surface area (Å²) in [4.78, 5) is 0. The minimum atomic E-state index is 0.412. The summed E-state index contributed by atoms with van der Waals surface area (Å²) in [6, 6.07) is 26.2. The van der Waals surface area contributed by atoms with Gasteiger partial charge in [0.05, 0.1) is 23.3 Å². The van der Waals surface area contributed by atoms with Gasteiger partial charge in [0.2, 0.25) is 0 Å². The molecule has 2 heteroatoms. The van der Waals surface area contributed by atoms with Crippen LogP contribution in [0.3, 0.4) is 0 Å². The van der Waals surface area contributed by atoms with Crippen LogP contribution in [0.15, 0.2) is 66.7 Å². The topological polar surface area (TPSA) is 47.6 Å². The molecule has 0 aliphatic heterocycles. The molecule has 0 aliphatic rings. The maximum atomic E-state index is 8.98. The van der Waals surface area contributed by atoms with Gasteiger partial charge in [0.15, 0.2) is 0 Å². The van der Waals surface area contributed by atoms with Gasteiger partial charge in [-0.1, -0.05) is 50.2 Å². The Morgan fingerprint density at radius 3 is 1.32 bits per heavy atom. The molecule has 3 aromatic carbocycles. The summed E-state index contributed by atoms with van der Waals surface area (Å²) in [5, 5.41) is 18.0. The van der Waals surface area contributed by atoms with Crippen LogP contribution in [0.5, 0.6) is 0 Å². The highest BCUT2D eigenvalue weighted by atomic mass is 14.2. The lowest BCUT2D eigenvalue weighted by Gasteiger charge is -2.13. The molecule has 3 rings (SSSR count). The minimum absolute atomic E-state index is 0.412. The van der Waals surface area contributed by atoms with E-state index in [9.17, 15) is 0 Å². The molecule has 0 radical (unpaired) electrons. The van der Waals surface area contributed by atoms with E-state index < -0.39 is 0 Å². The summed E-state index contributed by atoms with van der Waals surface area (Å²) in [6.07, 6.45) is 0. The summed E-state index contributed by atoms with van der Waals surface area (Å²) >= 11 is 0. The van der Waals surface area contributed by atoms with Gasteiger partial charge < -0.3 is 0 Å². The van der Waals surface area contributed by atoms with E-state index in [0.717, 1.165) is 22.3 Å². The van der Waals surface area contributed by atoms with E-state index in [4.69, 9.17) is 10.5 Å². The molecule has 0 amide bonds. The van der Waals surface area contributed by atoms with Crippen LogP contribution in [-0.2, 0) is 0 Å². The number of hydrogen-bond acceptors (Lipinski definition) is 2. The van der Waals surface area contributed by atoms with Crippen molar-refractivity contribution in [2.75, 3.05) is 0 Å². The van der Waals surface area contributed by atoms with E-state index >= 15 is 0 Å². The van der Waals surface area contributed by atoms with Gasteiger partial charge in [0.25, 0.3) is 0 Å². The molecule has 2 nitrogen and oxygen atoms in total. The normalized spacial score (nSPS) is 10.3. The first-order chi connectivity index (χ1) is 12.1. The first-order valence-electron chi connectivity index (χ1n) is 8.27. The van der Waals surface area contributed by atoms with Crippen LogP contribution < -0.4 is 0 Å². The SMILES string of the molecule is CC(C)c1cc(-c2ccc(C#N)cc2)cc(-c2ccc(C#N)cc2)c1. The second-order valence-electron chi connectivity index (χ2n) is 6.38. The van der Waals surface area contributed by atoms with Gasteiger partial charge in [-0.3, -0.25) is 0 Å². The highest BCUT2D eigenvalue weighted by Crippen LogP contribution is 2.31. The van der Waals surface area contributed by atoms with E-state index in [1.807, 2.05) is 48.5 Å². The van der Waals surface area contributed by atoms with Gasteiger partial charge >= 0.3 is 0 Å². The third-order valence-corrected chi connectivity index (χ3v) is 4.32. The second-order valence-corrected chi connectivity index (χ2v) is 6.38. The molecule has 0 fully saturated rings. The molecule has 0 heterocycles. The molecule has 120 valence electrons. The number of nitriles is 2. The van der Waals surface area contributed by atoms with Crippen molar-refractivity contribution in [3.8, 4) is 34.4 Å². The van der Waals surface area contributed by atoms with Gasteiger partial charge in [-0.15, -0.1) is 0 Å². The van der Waals surface area contributed by atoms with Gasteiger partial charge in [-0.25, -0.2) is 0 Å². The predicted molar refractivity (Wildman–Crippen MR) is 101 cm³/mol. The Bertz CT molecular complexity index is 891. The van der Waals surface area contributed by atoms with E-state index in [1.54, 1.807) is 0 Å². The molecule has 0 aliphatic carbocycles. The zero-order valence-electron chi connectivity index (χ0n) is 14.3. The van der Waals surface area contributed by atoms with E-state index in [-0.39, 0.29) is 0 Å². The molecular formula is C23H18N2. The number of nitrogens with zero attached hydrogens (tertiary/aromatic N) is 2. The maximum Gasteiger partial charge on any atom is 0.0991 e. The van der Waals surface area contributed by atoms with Crippen LogP contribution in [0.25, 0.3) is 22.3 Å². The quantitative estimate of drug-likeness (QED) is 0.604. The second kappa shape index (κ2) is 7.04. The van der Waals surface area contributed by atoms with Crippen LogP contribution in [0.4, 0.5) is 0 Å². The lowest BCUT2D eigenvalue weighted by molar-refractivity contribution is 0.867. The van der Waals surface area contributed by atoms with E-state index in [1.165, 1.54) is 5.56 Å². The van der Waals surface area contributed by atoms with Crippen molar-refractivity contribution >= 4 is 0 Å². The van der Waals surface area contributed by atoms with Crippen LogP contribution in [0, 0.1) is 22.7 Å². The Kier molecular flexibility index (Phi) is 4.64. The third-order valence-electron chi connectivity index (χ3n) is 4.32. The summed E-state index contributed by atoms with van der Waals surface area (Å²) in [5.74, 6) is 0.412. The molecule has 0 N–H and O–H groups in total. The molecule has 0 aromatic heterocycles. The van der Waals surface area contributed by atoms with Crippen LogP contribution in [0.2, 0.25) is 0 Å². The van der Waals surface area contributed by atoms with E-state index in [2.05, 4.69) is 44.2 Å². The summed E-state index contributed by atoms with van der Waals surface area (Å²) in [6.45, 7) is 4.36. The summed E-state index contributed by atoms with van der Waals surface area (Å²) in [5.41, 5.74) is 7.05. The van der Waals surface area contributed by atoms with E-state index in [0.29, 0.717) is 17.0 Å². The summed E-state index contributed by atoms with van der Waals surface area (Å²) in [7, 11) is 0. The number of rotatable bonds is 3. The molecule has 0 unspecified atom stereocenters. The monoisotopic (exact) mass is 322 g/mol. The highest BCUT2D eigenvalue weighted by molar-refractivity contribution is 5.75. The third kappa shape index (κ3) is 3.60. The Labute approximate surface area is 148 Å². The van der Waals surface area contributed by atoms with Gasteiger partial charge in [-0.2, -0.15) is 10.5 Å². The number of benzene rings is 3. The molecule has 3 aromatic rings. The standard InChI is InChI=1S/C23H18N2/c1-16(2)21-11-22(19-7-3-17(14-24)4-8-19)13-23(12-21)20-9-5-18(15-25)6-10-20/h3-13,16H,1-2H3. The first-order valence-corrected chi connectivity index (χ1v) is 8.27. The van der Waals surface area contributed by atoms with Gasteiger partial charge in [-0.05, 0) is 64.1 Å². The van der Waals surface area contributed by atoms with Gasteiger partial charge in [0, 0.05) is 0 Å². The lowest BCUT2D eigenvalue weighted by atomic mass is 9.91. The van der Waals surface area contributed by atoms with Crippen molar-refractivity contribution in [1.29, 1.82) is 10.5 Å². The predicted octanol–water partition coefficient (Wildman–Crippen LogP) is 5.89. The minimum Gasteiger partial charge on any atom is -0.192 e. The van der Waals surface area contributed by atoms with Crippen molar-refractivity contribution in [2.24, 2.45) is 0 Å². The van der Waals surface area contributed by atoms with Gasteiger partial charge in [0.1, 0.15) is 0 Å². The number of hydrogen-bond donors (Lipinski definition) is 0. The fourth-order valence-corrected chi connectivity index (χ4v) is 2.79. The fourth-order valence-electron chi connectivity index (χ4n) is 2.79. The fraction of sp³-hybridized carbons (Fsp3) is 0.130. The first kappa shape index (κ1) is 16.5. The molecule has 0 spiro atoms. The Morgan fingerprint density at radius 2 is 1.00 bits per heavy atom. The molecular weight excluding hydrogens is 304 g/mol. The lowest BCUT2D eigenvalue weighted by Crippen LogP contribution is -1.91. The maximum absolute atomic E-state index is 8.98. The Balaban J connectivity index is 2.11. The van der Waals surface area contributed by atoms with Crippen molar-refractivity contribution in [3.05, 3.63) is 83.4 Å². The molecule has 0 bridgehead atoms. The van der Waals surface area contributed by atoms with Crippen molar-refractivity contribution in [2.45, 2.75) is 19.8 Å². The summed E-state index contributed by atoms with van der Waals surface area (Å²) < 4.78 is 0. The molecule has 25 heavy (non-hydrogen) atoms. The average molecular weight is 322 g/mol. The van der Waals surface area contributed by atoms with Crippen LogP contribution >= 0.6 is 0 Å². The van der Waals surface area contributed by atoms with Crippen molar-refractivity contribution < 1.29 is 0 Å². The molecule has 0 saturated heterocycles. The van der Waals surface area contributed by atoms with Crippen LogP contribution in [0.1, 0.15) is 36.5 Å². The smallest absolute Gasteiger partial charge is 0.0991 e. The molecule has 0 atom stereocenters. The average Bonchev–Trinajstić information content (AvgIpc) is 2.67. The van der Waals surface area contributed by atoms with Crippen molar-refractivity contribution in [3.63, 3.8) is 0 Å². The molecule has 0 saturated carbocycles. The van der Waals surface area contributed by atoms with Crippen molar-refractivity contribution in [1.82, 2.24) is 0 Å². The zero-order valence-corrected chi connectivity index (χ0v) is 14.3. The van der Waals surface area contributed by atoms with Crippen LogP contribution in [-0.4, -0.2) is 0 Å². The zero-order chi connectivity index (χ0) is 17.8. The Hall–Kier alpha value is -3.36.